The Morgan fingerprint density at radius 1 is 1.62 bits per heavy atom. The summed E-state index contributed by atoms with van der Waals surface area (Å²) in [5.74, 6) is 0.625. The summed E-state index contributed by atoms with van der Waals surface area (Å²) in [7, 11) is 1.88. The molecule has 1 aromatic rings. The van der Waals surface area contributed by atoms with E-state index < -0.39 is 0 Å². The molecule has 2 N–H and O–H groups in total. The van der Waals surface area contributed by atoms with Gasteiger partial charge in [-0.1, -0.05) is 11.8 Å². The van der Waals surface area contributed by atoms with Gasteiger partial charge in [0.2, 0.25) is 5.16 Å². The molecule has 0 amide bonds. The van der Waals surface area contributed by atoms with Crippen LogP contribution in [0.1, 0.15) is 0 Å². The van der Waals surface area contributed by atoms with Crippen LogP contribution in [0.5, 0.6) is 0 Å². The molecule has 0 aliphatic heterocycles. The van der Waals surface area contributed by atoms with Gasteiger partial charge in [0.25, 0.3) is 0 Å². The molecule has 74 valence electrons. The molecule has 0 spiro atoms. The van der Waals surface area contributed by atoms with E-state index in [9.17, 15) is 0 Å². The lowest BCUT2D eigenvalue weighted by molar-refractivity contribution is 0.322. The minimum Gasteiger partial charge on any atom is -0.396 e. The molecule has 1 rings (SSSR count). The molecule has 7 heteroatoms. The average Bonchev–Trinajstić information content (AvgIpc) is 2.59. The molecule has 1 aromatic heterocycles. The van der Waals surface area contributed by atoms with Crippen LogP contribution in [0.4, 0.5) is 0 Å². The zero-order valence-electron chi connectivity index (χ0n) is 7.47. The minimum absolute atomic E-state index is 0.142. The molecular weight excluding hydrogens is 190 g/mol. The van der Waals surface area contributed by atoms with Gasteiger partial charge in [-0.05, 0) is 17.5 Å². The van der Waals surface area contributed by atoms with Crippen LogP contribution in [0.15, 0.2) is 5.16 Å². The van der Waals surface area contributed by atoms with E-state index in [0.29, 0.717) is 5.75 Å². The van der Waals surface area contributed by atoms with Crippen molar-refractivity contribution in [2.75, 3.05) is 26.0 Å². The van der Waals surface area contributed by atoms with Crippen molar-refractivity contribution in [2.24, 2.45) is 0 Å². The van der Waals surface area contributed by atoms with E-state index in [1.54, 1.807) is 4.68 Å². The van der Waals surface area contributed by atoms with Gasteiger partial charge in [0.15, 0.2) is 0 Å². The monoisotopic (exact) mass is 203 g/mol. The average molecular weight is 203 g/mol. The summed E-state index contributed by atoms with van der Waals surface area (Å²) in [6, 6.07) is 0. The standard InChI is InChI=1S/C6H13N5OS/c1-7-2-3-11-6(8-9-10-11)13-5-4-12/h7,12H,2-5H2,1H3. The first kappa shape index (κ1) is 10.4. The number of thioether (sulfide) groups is 1. The summed E-state index contributed by atoms with van der Waals surface area (Å²) in [5, 5.41) is 23.6. The molecule has 0 bridgehead atoms. The Labute approximate surface area is 80.7 Å². The molecule has 6 nitrogen and oxygen atoms in total. The van der Waals surface area contributed by atoms with Crippen molar-refractivity contribution in [2.45, 2.75) is 11.7 Å². The van der Waals surface area contributed by atoms with Crippen molar-refractivity contribution in [3.8, 4) is 0 Å². The fourth-order valence-corrected chi connectivity index (χ4v) is 1.44. The number of tetrazole rings is 1. The zero-order valence-corrected chi connectivity index (χ0v) is 8.29. The lowest BCUT2D eigenvalue weighted by Gasteiger charge is -2.01. The number of nitrogens with one attached hydrogen (secondary N) is 1. The van der Waals surface area contributed by atoms with Gasteiger partial charge < -0.3 is 10.4 Å². The van der Waals surface area contributed by atoms with E-state index >= 15 is 0 Å². The molecule has 0 aromatic carbocycles. The molecule has 0 fully saturated rings. The topological polar surface area (TPSA) is 75.9 Å². The second-order valence-electron chi connectivity index (χ2n) is 2.36. The number of nitrogens with zero attached hydrogens (tertiary/aromatic N) is 4. The lowest BCUT2D eigenvalue weighted by Crippen LogP contribution is -2.16. The van der Waals surface area contributed by atoms with Crippen LogP contribution in [0.25, 0.3) is 0 Å². The predicted octanol–water partition coefficient (Wildman–Crippen LogP) is -1.02. The highest BCUT2D eigenvalue weighted by molar-refractivity contribution is 7.99. The van der Waals surface area contributed by atoms with E-state index in [4.69, 9.17) is 5.11 Å². The fraction of sp³-hybridized carbons (Fsp3) is 0.833. The third-order valence-electron chi connectivity index (χ3n) is 1.40. The number of aliphatic hydroxyl groups is 1. The molecule has 0 saturated heterocycles. The summed E-state index contributed by atoms with van der Waals surface area (Å²) in [4.78, 5) is 0. The number of likely N-dealkylation sites (N-methyl/N-ethyl adjacent to an activating group) is 1. The highest BCUT2D eigenvalue weighted by atomic mass is 32.2. The number of aliphatic hydroxyl groups excluding tert-OH is 1. The normalized spacial score (nSPS) is 10.6. The molecule has 13 heavy (non-hydrogen) atoms. The van der Waals surface area contributed by atoms with Crippen molar-refractivity contribution < 1.29 is 5.11 Å². The zero-order chi connectivity index (χ0) is 9.52. The van der Waals surface area contributed by atoms with Crippen LogP contribution in [-0.4, -0.2) is 51.3 Å². The Balaban J connectivity index is 2.45. The van der Waals surface area contributed by atoms with Crippen LogP contribution in [0, 0.1) is 0 Å². The van der Waals surface area contributed by atoms with Crippen LogP contribution in [0.2, 0.25) is 0 Å². The Hall–Kier alpha value is -0.660. The Kier molecular flexibility index (Phi) is 4.73. The van der Waals surface area contributed by atoms with Crippen LogP contribution in [-0.2, 0) is 6.54 Å². The molecule has 0 aliphatic rings. The van der Waals surface area contributed by atoms with Gasteiger partial charge in [0, 0.05) is 12.3 Å². The van der Waals surface area contributed by atoms with Crippen molar-refractivity contribution in [1.82, 2.24) is 25.5 Å². The number of hydrogen-bond acceptors (Lipinski definition) is 6. The van der Waals surface area contributed by atoms with E-state index in [2.05, 4.69) is 20.8 Å². The van der Waals surface area contributed by atoms with Crippen LogP contribution in [0.3, 0.4) is 0 Å². The molecule has 1 heterocycles. The summed E-state index contributed by atoms with van der Waals surface area (Å²) >= 11 is 1.45. The van der Waals surface area contributed by atoms with Gasteiger partial charge in [-0.2, -0.15) is 0 Å². The maximum atomic E-state index is 8.62. The predicted molar refractivity (Wildman–Crippen MR) is 49.6 cm³/mol. The van der Waals surface area contributed by atoms with Crippen LogP contribution >= 0.6 is 11.8 Å². The second kappa shape index (κ2) is 5.90. The maximum Gasteiger partial charge on any atom is 0.209 e. The second-order valence-corrected chi connectivity index (χ2v) is 3.42. The quantitative estimate of drug-likeness (QED) is 0.576. The largest absolute Gasteiger partial charge is 0.396 e. The Morgan fingerprint density at radius 2 is 2.46 bits per heavy atom. The highest BCUT2D eigenvalue weighted by Gasteiger charge is 2.04. The molecule has 0 unspecified atom stereocenters. The molecule has 0 atom stereocenters. The first-order valence-electron chi connectivity index (χ1n) is 4.03. The smallest absolute Gasteiger partial charge is 0.209 e. The van der Waals surface area contributed by atoms with E-state index in [0.717, 1.165) is 18.2 Å². The summed E-state index contributed by atoms with van der Waals surface area (Å²) in [6.07, 6.45) is 0. The van der Waals surface area contributed by atoms with Gasteiger partial charge in [-0.15, -0.1) is 5.10 Å². The third kappa shape index (κ3) is 3.29. The molecule has 0 saturated carbocycles. The van der Waals surface area contributed by atoms with Gasteiger partial charge in [-0.25, -0.2) is 4.68 Å². The van der Waals surface area contributed by atoms with Crippen molar-refractivity contribution in [3.63, 3.8) is 0 Å². The van der Waals surface area contributed by atoms with Gasteiger partial charge in [0.1, 0.15) is 0 Å². The van der Waals surface area contributed by atoms with Gasteiger partial charge in [-0.3, -0.25) is 0 Å². The van der Waals surface area contributed by atoms with E-state index in [-0.39, 0.29) is 6.61 Å². The third-order valence-corrected chi connectivity index (χ3v) is 2.33. The fourth-order valence-electron chi connectivity index (χ4n) is 0.795. The van der Waals surface area contributed by atoms with Crippen LogP contribution < -0.4 is 5.32 Å². The first-order chi connectivity index (χ1) is 6.38. The molecule has 0 radical (unpaired) electrons. The number of rotatable bonds is 6. The van der Waals surface area contributed by atoms with Gasteiger partial charge >= 0.3 is 0 Å². The number of aromatic nitrogens is 4. The highest BCUT2D eigenvalue weighted by Crippen LogP contribution is 2.11. The van der Waals surface area contributed by atoms with E-state index in [1.807, 2.05) is 7.05 Å². The Bertz CT molecular complexity index is 218. The van der Waals surface area contributed by atoms with Crippen molar-refractivity contribution >= 4 is 11.8 Å². The maximum absolute atomic E-state index is 8.62. The SMILES string of the molecule is CNCCn1nnnc1SCCO. The van der Waals surface area contributed by atoms with Crippen molar-refractivity contribution in [3.05, 3.63) is 0 Å². The number of hydrogen-bond donors (Lipinski definition) is 2. The Morgan fingerprint density at radius 3 is 3.15 bits per heavy atom. The van der Waals surface area contributed by atoms with Gasteiger partial charge in [0.05, 0.1) is 13.2 Å². The lowest BCUT2D eigenvalue weighted by atomic mass is 10.6. The van der Waals surface area contributed by atoms with E-state index in [1.165, 1.54) is 11.8 Å². The summed E-state index contributed by atoms with van der Waals surface area (Å²) in [6.45, 7) is 1.72. The first-order valence-corrected chi connectivity index (χ1v) is 5.01. The minimum atomic E-state index is 0.142. The molecule has 0 aliphatic carbocycles. The summed E-state index contributed by atoms with van der Waals surface area (Å²) in [5.41, 5.74) is 0. The summed E-state index contributed by atoms with van der Waals surface area (Å²) < 4.78 is 1.72. The molecular formula is C6H13N5OS. The van der Waals surface area contributed by atoms with Crippen molar-refractivity contribution in [1.29, 1.82) is 0 Å².